The third-order valence-corrected chi connectivity index (χ3v) is 18.5. The largest absolute Gasteiger partial charge is 0.497 e. The maximum Gasteiger partial charge on any atom is 0.306 e. The number of carbonyl (C=O) groups is 6. The summed E-state index contributed by atoms with van der Waals surface area (Å²) in [4.78, 5) is 81.2. The fraction of sp³-hybridized carbons (Fsp3) is 0.419. The number of methoxy groups -OCH3 is 12. The molecule has 32 heteroatoms. The number of ether oxygens (including phenoxy) is 18. The molecule has 1 heterocycles. The van der Waals surface area contributed by atoms with Gasteiger partial charge in [0.05, 0.1) is 129 Å². The van der Waals surface area contributed by atoms with Crippen LogP contribution in [-0.4, -0.2) is 216 Å². The molecule has 0 radical (unpaired) electrons. The van der Waals surface area contributed by atoms with Crippen LogP contribution >= 0.6 is 0 Å². The van der Waals surface area contributed by atoms with Crippen LogP contribution in [0.1, 0.15) is 83.2 Å². The molecule has 0 spiro atoms. The van der Waals surface area contributed by atoms with E-state index in [1.807, 2.05) is 99.6 Å². The van der Waals surface area contributed by atoms with Crippen molar-refractivity contribution in [3.8, 4) is 80.5 Å². The van der Waals surface area contributed by atoms with Gasteiger partial charge in [0.2, 0.25) is 11.8 Å². The average molecular weight is 1640 g/mol. The van der Waals surface area contributed by atoms with Crippen molar-refractivity contribution in [2.75, 3.05) is 151 Å². The van der Waals surface area contributed by atoms with Crippen molar-refractivity contribution in [1.82, 2.24) is 40.3 Å². The Morgan fingerprint density at radius 1 is 0.288 bits per heavy atom. The van der Waals surface area contributed by atoms with Gasteiger partial charge in [-0.05, 0) is 124 Å². The third kappa shape index (κ3) is 32.0. The number of carbonyl (C=O) groups excluding carboxylic acids is 6. The minimum Gasteiger partial charge on any atom is -0.497 e. The number of aromatic nitrogens is 3. The number of amides is 2. The normalized spacial score (nSPS) is 10.9. The Morgan fingerprint density at radius 3 is 0.763 bits per heavy atom. The smallest absolute Gasteiger partial charge is 0.306 e. The molecule has 0 aliphatic heterocycles. The fourth-order valence-electron chi connectivity index (χ4n) is 12.1. The Kier molecular flexibility index (Phi) is 37.7. The van der Waals surface area contributed by atoms with Crippen molar-refractivity contribution in [3.05, 3.63) is 178 Å². The van der Waals surface area contributed by atoms with Crippen LogP contribution in [0.2, 0.25) is 0 Å². The number of hydrogen-bond acceptors (Lipinski definition) is 29. The molecule has 8 aromatic rings. The second kappa shape index (κ2) is 48.8. The number of benzene rings is 7. The van der Waals surface area contributed by atoms with E-state index in [9.17, 15) is 28.8 Å². The molecule has 0 saturated heterocycles. The zero-order chi connectivity index (χ0) is 84.6. The summed E-state index contributed by atoms with van der Waals surface area (Å²) in [5.41, 5.74) is 5.77. The molecular weight excluding hydrogens is 1530 g/mol. The topological polar surface area (TPSA) is 333 Å². The number of hydrogen-bond donors (Lipinski definition) is 2. The van der Waals surface area contributed by atoms with Gasteiger partial charge in [-0.1, -0.05) is 5.21 Å². The second-order valence-electron chi connectivity index (χ2n) is 26.9. The van der Waals surface area contributed by atoms with E-state index in [-0.39, 0.29) is 129 Å². The highest BCUT2D eigenvalue weighted by Gasteiger charge is 2.20. The first kappa shape index (κ1) is 91.1. The van der Waals surface area contributed by atoms with E-state index in [2.05, 4.69) is 20.9 Å². The molecule has 0 aliphatic rings. The zero-order valence-corrected chi connectivity index (χ0v) is 69.2. The van der Waals surface area contributed by atoms with Gasteiger partial charge in [-0.2, -0.15) is 0 Å². The van der Waals surface area contributed by atoms with E-state index in [0.29, 0.717) is 142 Å². The highest BCUT2D eigenvalue weighted by molar-refractivity contribution is 5.77. The summed E-state index contributed by atoms with van der Waals surface area (Å²) in [5, 5.41) is 15.1. The first-order valence-corrected chi connectivity index (χ1v) is 38.1. The lowest BCUT2D eigenvalue weighted by molar-refractivity contribution is -0.142. The summed E-state index contributed by atoms with van der Waals surface area (Å²) in [6.45, 7) is 3.61. The summed E-state index contributed by atoms with van der Waals surface area (Å²) in [5.74, 6) is 5.33. The maximum absolute atomic E-state index is 13.7. The molecule has 0 aliphatic carbocycles. The second-order valence-corrected chi connectivity index (χ2v) is 26.9. The average Bonchev–Trinajstić information content (AvgIpc) is 1.31. The van der Waals surface area contributed by atoms with E-state index >= 15 is 0 Å². The molecular formula is C86H108N8O24. The highest BCUT2D eigenvalue weighted by atomic mass is 16.5. The van der Waals surface area contributed by atoms with Crippen LogP contribution in [0.25, 0.3) is 0 Å². The molecule has 0 unspecified atom stereocenters. The summed E-state index contributed by atoms with van der Waals surface area (Å²) in [7, 11) is 17.9. The Labute approximate surface area is 687 Å². The van der Waals surface area contributed by atoms with E-state index in [0.717, 1.165) is 22.3 Å². The van der Waals surface area contributed by atoms with Gasteiger partial charge in [0, 0.05) is 127 Å². The van der Waals surface area contributed by atoms with Crippen LogP contribution in [0.5, 0.6) is 80.5 Å². The van der Waals surface area contributed by atoms with Crippen LogP contribution in [0.4, 0.5) is 0 Å². The lowest BCUT2D eigenvalue weighted by atomic mass is 10.1. The summed E-state index contributed by atoms with van der Waals surface area (Å²) >= 11 is 0. The molecule has 7 aromatic carbocycles. The van der Waals surface area contributed by atoms with Gasteiger partial charge < -0.3 is 106 Å². The van der Waals surface area contributed by atoms with Gasteiger partial charge in [-0.3, -0.25) is 33.7 Å². The standard InChI is InChI=1S/C86H108N8O24/c1-101-67-31-60(32-68(43-67)102-2)53-115-77-39-64(40-78(48-77)116-54-61-33-69(103-3)44-70(34-61)104-4)57-113-75-29-59(30-76(47-75)114-58-65-41-79(117-55-62-35-71(105-5)45-72(36-62)106-6)49-80(42-65)118-56-63-37-73(107-7)46-74(38-63)108-8)50-94-52-66(89-90-94)51-93(21-13-81(95)87-19-27-91(23-15-83(97)109-9)24-16-84(98)110-10)22-14-82(96)88-20-28-92(25-17-85(99)111-11)26-18-86(100)112-12/h29-49,52H,13-28,50-51,53-58H2,1-12H3,(H,87,95)(H,88,96). The Morgan fingerprint density at radius 2 is 0.517 bits per heavy atom. The zero-order valence-electron chi connectivity index (χ0n) is 69.2. The minimum atomic E-state index is -0.416. The summed E-state index contributed by atoms with van der Waals surface area (Å²) < 4.78 is 105. The van der Waals surface area contributed by atoms with Crippen molar-refractivity contribution < 1.29 is 114 Å². The SMILES string of the molecule is COC(=O)CCN(CCNC(=O)CCN(CCC(=O)NCCN(CCC(=O)OC)CCC(=O)OC)Cc1cn(Cc2cc(OCc3cc(OCc4cc(OC)cc(OC)c4)cc(OCc4cc(OC)cc(OC)c4)c3)cc(OCc3cc(OCc4cc(OC)cc(OC)c4)cc(OCc4cc(OC)cc(OC)c4)c3)c2)nn1)CCC(=O)OC. The molecule has 118 heavy (non-hydrogen) atoms. The van der Waals surface area contributed by atoms with Crippen molar-refractivity contribution in [2.24, 2.45) is 0 Å². The van der Waals surface area contributed by atoms with Crippen LogP contribution < -0.4 is 76.9 Å². The Bertz CT molecular complexity index is 4000. The van der Waals surface area contributed by atoms with Gasteiger partial charge in [-0.15, -0.1) is 5.10 Å². The number of rotatable bonds is 54. The van der Waals surface area contributed by atoms with Crippen molar-refractivity contribution in [1.29, 1.82) is 0 Å². The van der Waals surface area contributed by atoms with E-state index in [1.54, 1.807) is 110 Å². The van der Waals surface area contributed by atoms with Crippen molar-refractivity contribution in [2.45, 2.75) is 91.3 Å². The van der Waals surface area contributed by atoms with Crippen LogP contribution in [0, 0.1) is 0 Å². The van der Waals surface area contributed by atoms with Crippen molar-refractivity contribution in [3.63, 3.8) is 0 Å². The van der Waals surface area contributed by atoms with Gasteiger partial charge in [0.15, 0.2) is 0 Å². The van der Waals surface area contributed by atoms with Crippen molar-refractivity contribution >= 4 is 35.7 Å². The summed E-state index contributed by atoms with van der Waals surface area (Å²) in [6.07, 6.45) is 2.16. The molecule has 0 atom stereocenters. The van der Waals surface area contributed by atoms with E-state index in [1.165, 1.54) is 28.4 Å². The minimum absolute atomic E-state index is 0.0211. The first-order chi connectivity index (χ1) is 57.2. The molecule has 2 amide bonds. The Hall–Kier alpha value is -12.4. The molecule has 32 nitrogen and oxygen atoms in total. The highest BCUT2D eigenvalue weighted by Crippen LogP contribution is 2.34. The van der Waals surface area contributed by atoms with Gasteiger partial charge in [0.25, 0.3) is 0 Å². The fourth-order valence-corrected chi connectivity index (χ4v) is 12.1. The predicted octanol–water partition coefficient (Wildman–Crippen LogP) is 9.54. The van der Waals surface area contributed by atoms with Gasteiger partial charge in [0.1, 0.15) is 120 Å². The van der Waals surface area contributed by atoms with E-state index < -0.39 is 23.9 Å². The number of esters is 4. The maximum atomic E-state index is 13.7. The Balaban J connectivity index is 1.09. The molecule has 8 rings (SSSR count). The molecule has 0 bridgehead atoms. The van der Waals surface area contributed by atoms with Gasteiger partial charge >= 0.3 is 23.9 Å². The monoisotopic (exact) mass is 1640 g/mol. The quantitative estimate of drug-likeness (QED) is 0.0264. The molecule has 1 aromatic heterocycles. The van der Waals surface area contributed by atoms with Crippen LogP contribution in [0.3, 0.4) is 0 Å². The molecule has 0 saturated carbocycles. The van der Waals surface area contributed by atoms with Gasteiger partial charge in [-0.25, -0.2) is 4.68 Å². The molecule has 0 fully saturated rings. The lowest BCUT2D eigenvalue weighted by Crippen LogP contribution is -2.39. The lowest BCUT2D eigenvalue weighted by Gasteiger charge is -2.23. The molecule has 636 valence electrons. The third-order valence-electron chi connectivity index (χ3n) is 18.5. The summed E-state index contributed by atoms with van der Waals surface area (Å²) in [6, 6.07) is 38.7. The van der Waals surface area contributed by atoms with Crippen LogP contribution in [0.15, 0.2) is 134 Å². The first-order valence-electron chi connectivity index (χ1n) is 38.1. The number of nitrogens with one attached hydrogen (secondary N) is 2. The molecule has 2 N–H and O–H groups in total. The number of nitrogens with zero attached hydrogens (tertiary/aromatic N) is 6. The van der Waals surface area contributed by atoms with Crippen LogP contribution in [-0.2, 0) is 100 Å². The predicted molar refractivity (Wildman–Crippen MR) is 433 cm³/mol. The van der Waals surface area contributed by atoms with E-state index in [4.69, 9.17) is 85.3 Å².